The highest BCUT2D eigenvalue weighted by atomic mass is 32.2. The summed E-state index contributed by atoms with van der Waals surface area (Å²) < 4.78 is 32.6. The molecule has 0 saturated carbocycles. The number of rotatable bonds is 8. The van der Waals surface area contributed by atoms with Crippen LogP contribution in [0.5, 0.6) is 0 Å². The molecule has 0 bridgehead atoms. The minimum atomic E-state index is -3.78. The minimum absolute atomic E-state index is 0.0755. The van der Waals surface area contributed by atoms with Crippen LogP contribution in [-0.4, -0.2) is 27.9 Å². The molecule has 7 heteroatoms. The van der Waals surface area contributed by atoms with Gasteiger partial charge in [-0.15, -0.1) is 0 Å². The molecule has 1 heterocycles. The van der Waals surface area contributed by atoms with Crippen LogP contribution in [0.2, 0.25) is 0 Å². The zero-order valence-electron chi connectivity index (χ0n) is 16.5. The number of carbonyl (C=O) groups excluding carboxylic acids is 1. The summed E-state index contributed by atoms with van der Waals surface area (Å²) in [6.45, 7) is 2.33. The lowest BCUT2D eigenvalue weighted by Crippen LogP contribution is -2.28. The van der Waals surface area contributed by atoms with Crippen molar-refractivity contribution in [3.8, 4) is 0 Å². The molecular weight excluding hydrogens is 388 g/mol. The number of anilines is 1. The van der Waals surface area contributed by atoms with Crippen molar-refractivity contribution in [2.45, 2.75) is 24.7 Å². The Morgan fingerprint density at radius 2 is 1.86 bits per heavy atom. The topological polar surface area (TPSA) is 79.6 Å². The largest absolute Gasteiger partial charge is 0.469 e. The summed E-state index contributed by atoms with van der Waals surface area (Å²) in [6.07, 6.45) is 3.07. The first-order valence-corrected chi connectivity index (χ1v) is 10.8. The standard InChI is InChI=1S/C22H24N2O4S/c1-17-8-3-4-13-21(17)24(2)29(26,27)20-12-5-9-18(16-20)22(25)23-14-6-10-19-11-7-15-28-19/h3-5,7-9,11-13,15-16H,6,10,14H2,1-2H3,(H,23,25). The van der Waals surface area contributed by atoms with Crippen molar-refractivity contribution < 1.29 is 17.6 Å². The van der Waals surface area contributed by atoms with E-state index < -0.39 is 10.0 Å². The lowest BCUT2D eigenvalue weighted by Gasteiger charge is -2.21. The highest BCUT2D eigenvalue weighted by Crippen LogP contribution is 2.25. The van der Waals surface area contributed by atoms with E-state index in [1.54, 1.807) is 30.5 Å². The van der Waals surface area contributed by atoms with E-state index >= 15 is 0 Å². The monoisotopic (exact) mass is 412 g/mol. The number of benzene rings is 2. The van der Waals surface area contributed by atoms with Crippen molar-refractivity contribution in [3.63, 3.8) is 0 Å². The minimum Gasteiger partial charge on any atom is -0.469 e. The van der Waals surface area contributed by atoms with E-state index in [-0.39, 0.29) is 10.8 Å². The van der Waals surface area contributed by atoms with Crippen LogP contribution in [-0.2, 0) is 16.4 Å². The second-order valence-corrected chi connectivity index (χ2v) is 8.69. The van der Waals surface area contributed by atoms with Gasteiger partial charge in [-0.1, -0.05) is 24.3 Å². The maximum Gasteiger partial charge on any atom is 0.264 e. The summed E-state index contributed by atoms with van der Waals surface area (Å²) >= 11 is 0. The van der Waals surface area contributed by atoms with E-state index in [4.69, 9.17) is 4.42 Å². The van der Waals surface area contributed by atoms with E-state index in [0.717, 1.165) is 24.2 Å². The highest BCUT2D eigenvalue weighted by molar-refractivity contribution is 7.92. The molecule has 1 aromatic heterocycles. The van der Waals surface area contributed by atoms with Gasteiger partial charge < -0.3 is 9.73 Å². The number of furan rings is 1. The molecule has 0 saturated heterocycles. The summed E-state index contributed by atoms with van der Waals surface area (Å²) in [4.78, 5) is 12.5. The molecule has 3 rings (SSSR count). The van der Waals surface area contributed by atoms with Crippen LogP contribution in [0.3, 0.4) is 0 Å². The molecule has 0 spiro atoms. The van der Waals surface area contributed by atoms with Crippen LogP contribution in [0.25, 0.3) is 0 Å². The summed E-state index contributed by atoms with van der Waals surface area (Å²) in [5.41, 5.74) is 1.76. The molecule has 1 N–H and O–H groups in total. The molecule has 0 atom stereocenters. The number of carbonyl (C=O) groups is 1. The van der Waals surface area contributed by atoms with Gasteiger partial charge in [0.25, 0.3) is 15.9 Å². The number of hydrogen-bond acceptors (Lipinski definition) is 4. The highest BCUT2D eigenvalue weighted by Gasteiger charge is 2.23. The van der Waals surface area contributed by atoms with E-state index in [1.807, 2.05) is 31.2 Å². The fraction of sp³-hybridized carbons (Fsp3) is 0.227. The third kappa shape index (κ3) is 4.86. The second-order valence-electron chi connectivity index (χ2n) is 6.73. The number of hydrogen-bond donors (Lipinski definition) is 1. The van der Waals surface area contributed by atoms with Gasteiger partial charge in [0.05, 0.1) is 16.8 Å². The van der Waals surface area contributed by atoms with Gasteiger partial charge in [0.2, 0.25) is 0 Å². The van der Waals surface area contributed by atoms with Crippen molar-refractivity contribution in [3.05, 3.63) is 83.8 Å². The Morgan fingerprint density at radius 3 is 2.59 bits per heavy atom. The Labute approximate surface area is 171 Å². The Balaban J connectivity index is 1.69. The number of aryl methyl sites for hydroxylation is 2. The van der Waals surface area contributed by atoms with Gasteiger partial charge in [0, 0.05) is 25.6 Å². The smallest absolute Gasteiger partial charge is 0.264 e. The van der Waals surface area contributed by atoms with Gasteiger partial charge in [-0.2, -0.15) is 0 Å². The zero-order valence-corrected chi connectivity index (χ0v) is 17.3. The molecule has 2 aromatic carbocycles. The van der Waals surface area contributed by atoms with E-state index in [9.17, 15) is 13.2 Å². The number of amides is 1. The van der Waals surface area contributed by atoms with Crippen LogP contribution in [0.1, 0.15) is 28.1 Å². The Hall–Kier alpha value is -3.06. The molecule has 1 amide bonds. The summed E-state index contributed by atoms with van der Waals surface area (Å²) in [7, 11) is -2.27. The molecular formula is C22H24N2O4S. The molecule has 6 nitrogen and oxygen atoms in total. The fourth-order valence-corrected chi connectivity index (χ4v) is 4.33. The quantitative estimate of drug-likeness (QED) is 0.571. The normalized spacial score (nSPS) is 11.2. The summed E-state index contributed by atoms with van der Waals surface area (Å²) in [5.74, 6) is 0.562. The average Bonchev–Trinajstić information content (AvgIpc) is 3.24. The van der Waals surface area contributed by atoms with E-state index in [1.165, 1.54) is 23.5 Å². The Morgan fingerprint density at radius 1 is 1.07 bits per heavy atom. The van der Waals surface area contributed by atoms with Crippen molar-refractivity contribution >= 4 is 21.6 Å². The second kappa shape index (κ2) is 8.96. The van der Waals surface area contributed by atoms with Gasteiger partial charge >= 0.3 is 0 Å². The first kappa shape index (κ1) is 20.7. The predicted molar refractivity (Wildman–Crippen MR) is 113 cm³/mol. The van der Waals surface area contributed by atoms with Crippen LogP contribution < -0.4 is 9.62 Å². The Kier molecular flexibility index (Phi) is 6.39. The number of nitrogens with zero attached hydrogens (tertiary/aromatic N) is 1. The van der Waals surface area contributed by atoms with Gasteiger partial charge in [-0.25, -0.2) is 8.42 Å². The van der Waals surface area contributed by atoms with Crippen LogP contribution in [0, 0.1) is 6.92 Å². The van der Waals surface area contributed by atoms with Gasteiger partial charge in [-0.3, -0.25) is 9.10 Å². The first-order valence-electron chi connectivity index (χ1n) is 9.35. The number of para-hydroxylation sites is 1. The lowest BCUT2D eigenvalue weighted by atomic mass is 10.2. The Bertz CT molecular complexity index is 1080. The van der Waals surface area contributed by atoms with Crippen molar-refractivity contribution in [2.24, 2.45) is 0 Å². The molecule has 0 aliphatic carbocycles. The van der Waals surface area contributed by atoms with Crippen molar-refractivity contribution in [1.29, 1.82) is 0 Å². The van der Waals surface area contributed by atoms with Gasteiger partial charge in [-0.05, 0) is 55.3 Å². The molecule has 0 fully saturated rings. The SMILES string of the molecule is Cc1ccccc1N(C)S(=O)(=O)c1cccc(C(=O)NCCCc2ccco2)c1. The molecule has 0 aliphatic rings. The number of nitrogens with one attached hydrogen (secondary N) is 1. The predicted octanol–water partition coefficient (Wildman–Crippen LogP) is 3.78. The van der Waals surface area contributed by atoms with Crippen LogP contribution in [0.15, 0.2) is 76.2 Å². The maximum atomic E-state index is 13.0. The molecule has 29 heavy (non-hydrogen) atoms. The van der Waals surface area contributed by atoms with E-state index in [0.29, 0.717) is 17.8 Å². The molecule has 152 valence electrons. The fourth-order valence-electron chi connectivity index (χ4n) is 3.02. The third-order valence-electron chi connectivity index (χ3n) is 4.67. The van der Waals surface area contributed by atoms with Crippen molar-refractivity contribution in [1.82, 2.24) is 5.32 Å². The lowest BCUT2D eigenvalue weighted by molar-refractivity contribution is 0.0953. The third-order valence-corrected chi connectivity index (χ3v) is 6.44. The van der Waals surface area contributed by atoms with E-state index in [2.05, 4.69) is 5.32 Å². The average molecular weight is 413 g/mol. The van der Waals surface area contributed by atoms with Crippen molar-refractivity contribution in [2.75, 3.05) is 17.9 Å². The first-order chi connectivity index (χ1) is 13.9. The van der Waals surface area contributed by atoms with Gasteiger partial charge in [0.15, 0.2) is 0 Å². The van der Waals surface area contributed by atoms with Crippen LogP contribution in [0.4, 0.5) is 5.69 Å². The molecule has 3 aromatic rings. The number of sulfonamides is 1. The van der Waals surface area contributed by atoms with Gasteiger partial charge in [0.1, 0.15) is 5.76 Å². The maximum absolute atomic E-state index is 13.0. The molecule has 0 aliphatic heterocycles. The molecule has 0 radical (unpaired) electrons. The van der Waals surface area contributed by atoms with Crippen LogP contribution >= 0.6 is 0 Å². The summed E-state index contributed by atoms with van der Waals surface area (Å²) in [6, 6.07) is 17.1. The summed E-state index contributed by atoms with van der Waals surface area (Å²) in [5, 5.41) is 2.82. The zero-order chi connectivity index (χ0) is 20.9. The molecule has 0 unspecified atom stereocenters.